The quantitative estimate of drug-likeness (QED) is 0.680. The molecule has 4 nitrogen and oxygen atoms in total. The molecular formula is C16H23NO3. The van der Waals surface area contributed by atoms with Crippen LogP contribution in [0.15, 0.2) is 18.2 Å². The van der Waals surface area contributed by atoms with Crippen LogP contribution in [0, 0.1) is 11.8 Å². The molecule has 1 saturated carbocycles. The number of nitrogen functional groups attached to an aromatic ring is 1. The number of hydrogen-bond acceptors (Lipinski definition) is 4. The van der Waals surface area contributed by atoms with Crippen LogP contribution in [0.2, 0.25) is 0 Å². The van der Waals surface area contributed by atoms with Crippen LogP contribution in [0.5, 0.6) is 5.75 Å². The number of carbonyl (C=O) groups excluding carboxylic acids is 1. The topological polar surface area (TPSA) is 61.5 Å². The van der Waals surface area contributed by atoms with Gasteiger partial charge in [0.25, 0.3) is 0 Å². The van der Waals surface area contributed by atoms with Gasteiger partial charge in [0.2, 0.25) is 0 Å². The summed E-state index contributed by atoms with van der Waals surface area (Å²) < 4.78 is 10.8. The lowest BCUT2D eigenvalue weighted by Gasteiger charge is -2.32. The van der Waals surface area contributed by atoms with E-state index in [0.717, 1.165) is 12.8 Å². The van der Waals surface area contributed by atoms with Gasteiger partial charge in [-0.1, -0.05) is 19.9 Å². The van der Waals surface area contributed by atoms with Gasteiger partial charge in [-0.15, -0.1) is 0 Å². The molecule has 4 heteroatoms. The van der Waals surface area contributed by atoms with Crippen LogP contribution in [0.25, 0.3) is 0 Å². The van der Waals surface area contributed by atoms with Gasteiger partial charge in [-0.2, -0.15) is 0 Å². The summed E-state index contributed by atoms with van der Waals surface area (Å²) in [6.07, 6.45) is 3.34. The standard InChI is InChI=1S/C16H23NO3/c1-10-7-11(2)9-12(8-10)20-15-13(16(18)19-3)5-4-6-14(15)17/h4-6,10-12H,7-9,17H2,1-3H3. The van der Waals surface area contributed by atoms with E-state index in [4.69, 9.17) is 15.2 Å². The van der Waals surface area contributed by atoms with E-state index in [9.17, 15) is 4.79 Å². The van der Waals surface area contributed by atoms with Crippen LogP contribution in [0.4, 0.5) is 5.69 Å². The molecule has 1 fully saturated rings. The Kier molecular flexibility index (Phi) is 4.53. The lowest BCUT2D eigenvalue weighted by Crippen LogP contribution is -2.29. The van der Waals surface area contributed by atoms with Gasteiger partial charge in [0.1, 0.15) is 5.56 Å². The molecule has 2 rings (SSSR count). The molecule has 2 atom stereocenters. The molecule has 0 amide bonds. The zero-order valence-corrected chi connectivity index (χ0v) is 12.4. The first kappa shape index (κ1) is 14.7. The van der Waals surface area contributed by atoms with Gasteiger partial charge in [0.15, 0.2) is 5.75 Å². The van der Waals surface area contributed by atoms with E-state index in [1.54, 1.807) is 18.2 Å². The average Bonchev–Trinajstić information content (AvgIpc) is 2.39. The summed E-state index contributed by atoms with van der Waals surface area (Å²) in [6, 6.07) is 5.17. The summed E-state index contributed by atoms with van der Waals surface area (Å²) in [5.41, 5.74) is 6.85. The number of rotatable bonds is 3. The Morgan fingerprint density at radius 3 is 2.45 bits per heavy atom. The van der Waals surface area contributed by atoms with E-state index in [-0.39, 0.29) is 6.10 Å². The van der Waals surface area contributed by atoms with E-state index in [2.05, 4.69) is 13.8 Å². The highest BCUT2D eigenvalue weighted by Crippen LogP contribution is 2.34. The summed E-state index contributed by atoms with van der Waals surface area (Å²) >= 11 is 0. The number of carbonyl (C=O) groups is 1. The van der Waals surface area contributed by atoms with Crippen molar-refractivity contribution in [1.29, 1.82) is 0 Å². The van der Waals surface area contributed by atoms with Crippen molar-refractivity contribution in [2.45, 2.75) is 39.2 Å². The SMILES string of the molecule is COC(=O)c1cccc(N)c1OC1CC(C)CC(C)C1. The van der Waals surface area contributed by atoms with Crippen molar-refractivity contribution in [3.05, 3.63) is 23.8 Å². The Morgan fingerprint density at radius 2 is 1.85 bits per heavy atom. The highest BCUT2D eigenvalue weighted by atomic mass is 16.5. The molecule has 110 valence electrons. The van der Waals surface area contributed by atoms with Crippen molar-refractivity contribution in [2.24, 2.45) is 11.8 Å². The minimum atomic E-state index is -0.413. The fourth-order valence-corrected chi connectivity index (χ4v) is 3.09. The molecule has 0 bridgehead atoms. The number of anilines is 1. The maximum Gasteiger partial charge on any atom is 0.341 e. The van der Waals surface area contributed by atoms with Crippen LogP contribution in [0.1, 0.15) is 43.5 Å². The Hall–Kier alpha value is -1.71. The fourth-order valence-electron chi connectivity index (χ4n) is 3.09. The third kappa shape index (κ3) is 3.24. The number of hydrogen-bond donors (Lipinski definition) is 1. The highest BCUT2D eigenvalue weighted by Gasteiger charge is 2.27. The molecule has 0 heterocycles. The third-order valence-electron chi connectivity index (χ3n) is 3.87. The molecule has 0 spiro atoms. The molecule has 1 aliphatic rings. The Labute approximate surface area is 120 Å². The molecule has 2 N–H and O–H groups in total. The number of nitrogens with two attached hydrogens (primary N) is 1. The lowest BCUT2D eigenvalue weighted by atomic mass is 9.82. The first-order valence-electron chi connectivity index (χ1n) is 7.14. The van der Waals surface area contributed by atoms with Gasteiger partial charge >= 0.3 is 5.97 Å². The number of methoxy groups -OCH3 is 1. The molecule has 2 unspecified atom stereocenters. The third-order valence-corrected chi connectivity index (χ3v) is 3.87. The van der Waals surface area contributed by atoms with Gasteiger partial charge in [-0.3, -0.25) is 0 Å². The molecule has 1 aromatic carbocycles. The normalized spacial score (nSPS) is 26.1. The number of ether oxygens (including phenoxy) is 2. The summed E-state index contributed by atoms with van der Waals surface area (Å²) in [4.78, 5) is 11.8. The second kappa shape index (κ2) is 6.16. The Balaban J connectivity index is 2.22. The predicted octanol–water partition coefficient (Wildman–Crippen LogP) is 3.26. The van der Waals surface area contributed by atoms with E-state index in [0.29, 0.717) is 28.8 Å². The van der Waals surface area contributed by atoms with Gasteiger partial charge in [-0.05, 0) is 43.2 Å². The van der Waals surface area contributed by atoms with Crippen LogP contribution in [0.3, 0.4) is 0 Å². The van der Waals surface area contributed by atoms with Crippen molar-refractivity contribution in [3.63, 3.8) is 0 Å². The van der Waals surface area contributed by atoms with E-state index >= 15 is 0 Å². The maximum absolute atomic E-state index is 11.8. The largest absolute Gasteiger partial charge is 0.487 e. The van der Waals surface area contributed by atoms with Crippen LogP contribution >= 0.6 is 0 Å². The Morgan fingerprint density at radius 1 is 1.20 bits per heavy atom. The zero-order valence-electron chi connectivity index (χ0n) is 12.4. The predicted molar refractivity (Wildman–Crippen MR) is 78.8 cm³/mol. The second-order valence-corrected chi connectivity index (χ2v) is 5.87. The summed E-state index contributed by atoms with van der Waals surface area (Å²) in [7, 11) is 1.36. The molecule has 20 heavy (non-hydrogen) atoms. The molecule has 0 aromatic heterocycles. The van der Waals surface area contributed by atoms with Crippen molar-refractivity contribution in [2.75, 3.05) is 12.8 Å². The van der Waals surface area contributed by atoms with Crippen molar-refractivity contribution in [1.82, 2.24) is 0 Å². The Bertz CT molecular complexity index is 477. The van der Waals surface area contributed by atoms with Crippen LogP contribution < -0.4 is 10.5 Å². The fraction of sp³-hybridized carbons (Fsp3) is 0.562. The number of benzene rings is 1. The van der Waals surface area contributed by atoms with E-state index < -0.39 is 5.97 Å². The molecule has 0 radical (unpaired) electrons. The first-order chi connectivity index (χ1) is 9.51. The van der Waals surface area contributed by atoms with Crippen molar-refractivity contribution < 1.29 is 14.3 Å². The highest BCUT2D eigenvalue weighted by molar-refractivity contribution is 5.94. The van der Waals surface area contributed by atoms with E-state index in [1.807, 2.05) is 0 Å². The molecule has 1 aromatic rings. The van der Waals surface area contributed by atoms with E-state index in [1.165, 1.54) is 13.5 Å². The smallest absolute Gasteiger partial charge is 0.341 e. The number of para-hydroxylation sites is 1. The van der Waals surface area contributed by atoms with Gasteiger partial charge in [0, 0.05) is 0 Å². The summed E-state index contributed by atoms with van der Waals surface area (Å²) in [5.74, 6) is 1.32. The summed E-state index contributed by atoms with van der Waals surface area (Å²) in [5, 5.41) is 0. The molecule has 0 saturated heterocycles. The summed E-state index contributed by atoms with van der Waals surface area (Å²) in [6.45, 7) is 4.48. The van der Waals surface area contributed by atoms with Crippen LogP contribution in [-0.2, 0) is 4.74 Å². The zero-order chi connectivity index (χ0) is 14.7. The average molecular weight is 277 g/mol. The van der Waals surface area contributed by atoms with Gasteiger partial charge < -0.3 is 15.2 Å². The minimum absolute atomic E-state index is 0.113. The monoisotopic (exact) mass is 277 g/mol. The van der Waals surface area contributed by atoms with Crippen molar-refractivity contribution in [3.8, 4) is 5.75 Å². The van der Waals surface area contributed by atoms with Crippen molar-refractivity contribution >= 4 is 11.7 Å². The van der Waals surface area contributed by atoms with Crippen LogP contribution in [-0.4, -0.2) is 19.2 Å². The van der Waals surface area contributed by atoms with Gasteiger partial charge in [0.05, 0.1) is 18.9 Å². The van der Waals surface area contributed by atoms with Gasteiger partial charge in [-0.25, -0.2) is 4.79 Å². The molecule has 1 aliphatic carbocycles. The minimum Gasteiger partial charge on any atom is -0.487 e. The number of esters is 1. The first-order valence-corrected chi connectivity index (χ1v) is 7.14. The maximum atomic E-state index is 11.8. The molecule has 0 aliphatic heterocycles. The second-order valence-electron chi connectivity index (χ2n) is 5.87. The molecular weight excluding hydrogens is 254 g/mol. The lowest BCUT2D eigenvalue weighted by molar-refractivity contribution is 0.0583.